The first-order valence-corrected chi connectivity index (χ1v) is 11.5. The molecule has 0 unspecified atom stereocenters. The highest BCUT2D eigenvalue weighted by Crippen LogP contribution is 2.28. The molecule has 5 heteroatoms. The van der Waals surface area contributed by atoms with Crippen LogP contribution in [0.3, 0.4) is 0 Å². The highest BCUT2D eigenvalue weighted by atomic mass is 32.2. The van der Waals surface area contributed by atoms with E-state index < -0.39 is 10.0 Å². The molecule has 0 aliphatic heterocycles. The van der Waals surface area contributed by atoms with Gasteiger partial charge in [0.25, 0.3) is 0 Å². The number of hydrogen-bond acceptors (Lipinski definition) is 3. The zero-order valence-electron chi connectivity index (χ0n) is 17.1. The van der Waals surface area contributed by atoms with E-state index in [-0.39, 0.29) is 0 Å². The van der Waals surface area contributed by atoms with Gasteiger partial charge in [-0.05, 0) is 51.9 Å². The van der Waals surface area contributed by atoms with Gasteiger partial charge in [-0.15, -0.1) is 0 Å². The highest BCUT2D eigenvalue weighted by molar-refractivity contribution is 7.89. The average molecular weight is 417 g/mol. The van der Waals surface area contributed by atoms with Crippen molar-refractivity contribution in [1.29, 1.82) is 0 Å². The molecule has 0 saturated carbocycles. The maximum Gasteiger partial charge on any atom is 0.243 e. The second-order valence-corrected chi connectivity index (χ2v) is 9.01. The summed E-state index contributed by atoms with van der Waals surface area (Å²) in [4.78, 5) is 4.94. The Balaban J connectivity index is 1.73. The van der Waals surface area contributed by atoms with E-state index in [4.69, 9.17) is 0 Å². The monoisotopic (exact) mass is 416 g/mol. The number of fused-ring (bicyclic) bond motifs is 2. The molecule has 0 aromatic heterocycles. The van der Waals surface area contributed by atoms with Crippen LogP contribution in [0.5, 0.6) is 0 Å². The van der Waals surface area contributed by atoms with E-state index in [1.54, 1.807) is 24.3 Å². The third-order valence-corrected chi connectivity index (χ3v) is 7.40. The van der Waals surface area contributed by atoms with Gasteiger partial charge in [0.15, 0.2) is 0 Å². The van der Waals surface area contributed by atoms with Crippen molar-refractivity contribution in [3.8, 4) is 0 Å². The van der Waals surface area contributed by atoms with E-state index in [9.17, 15) is 8.42 Å². The van der Waals surface area contributed by atoms with E-state index in [1.807, 2.05) is 44.3 Å². The van der Waals surface area contributed by atoms with Crippen molar-refractivity contribution in [1.82, 2.24) is 4.31 Å². The summed E-state index contributed by atoms with van der Waals surface area (Å²) in [5.74, 6) is 0. The van der Waals surface area contributed by atoms with E-state index in [1.165, 1.54) is 15.1 Å². The number of nitrogens with zero attached hydrogens (tertiary/aromatic N) is 2. The van der Waals surface area contributed by atoms with E-state index in [0.717, 1.165) is 16.3 Å². The SMILES string of the molecule is CCN(CC)S(=O)(=O)c1ccc(N=Cc2c3ccccc3cc3ccccc23)cc1. The Morgan fingerprint density at radius 1 is 0.800 bits per heavy atom. The number of hydrogen-bond donors (Lipinski definition) is 0. The molecule has 0 aliphatic rings. The smallest absolute Gasteiger partial charge is 0.243 e. The lowest BCUT2D eigenvalue weighted by Gasteiger charge is -2.18. The van der Waals surface area contributed by atoms with Gasteiger partial charge in [-0.1, -0.05) is 62.4 Å². The van der Waals surface area contributed by atoms with E-state index >= 15 is 0 Å². The summed E-state index contributed by atoms with van der Waals surface area (Å²) in [6, 6.07) is 25.5. The summed E-state index contributed by atoms with van der Waals surface area (Å²) < 4.78 is 26.8. The molecule has 0 saturated heterocycles. The Hall–Kier alpha value is -3.02. The van der Waals surface area contributed by atoms with Gasteiger partial charge in [0.1, 0.15) is 0 Å². The fourth-order valence-corrected chi connectivity index (χ4v) is 5.20. The molecule has 0 atom stereocenters. The molecule has 0 aliphatic carbocycles. The molecule has 0 bridgehead atoms. The van der Waals surface area contributed by atoms with Gasteiger partial charge in [-0.2, -0.15) is 4.31 Å². The molecular formula is C25H24N2O2S. The molecule has 4 aromatic rings. The first-order valence-electron chi connectivity index (χ1n) is 10.1. The second-order valence-electron chi connectivity index (χ2n) is 7.07. The Labute approximate surface area is 177 Å². The third kappa shape index (κ3) is 3.74. The first-order chi connectivity index (χ1) is 14.5. The van der Waals surface area contributed by atoms with E-state index in [0.29, 0.717) is 23.7 Å². The van der Waals surface area contributed by atoms with Crippen molar-refractivity contribution < 1.29 is 8.42 Å². The molecular weight excluding hydrogens is 392 g/mol. The standard InChI is InChI=1S/C25H24N2O2S/c1-3-27(4-2)30(28,29)22-15-13-21(14-16-22)26-18-25-23-11-7-5-9-19(23)17-20-10-6-8-12-24(20)25/h5-18H,3-4H2,1-2H3. The van der Waals surface area contributed by atoms with Gasteiger partial charge >= 0.3 is 0 Å². The summed E-state index contributed by atoms with van der Waals surface area (Å²) >= 11 is 0. The number of rotatable bonds is 6. The predicted octanol–water partition coefficient (Wildman–Crippen LogP) is 5.77. The van der Waals surface area contributed by atoms with Crippen LogP contribution in [0.1, 0.15) is 19.4 Å². The normalized spacial score (nSPS) is 12.4. The van der Waals surface area contributed by atoms with Crippen molar-refractivity contribution >= 4 is 43.5 Å². The molecule has 4 rings (SSSR count). The average Bonchev–Trinajstić information content (AvgIpc) is 2.77. The Kier molecular flexibility index (Phi) is 5.66. The summed E-state index contributed by atoms with van der Waals surface area (Å²) in [5.41, 5.74) is 1.77. The lowest BCUT2D eigenvalue weighted by molar-refractivity contribution is 0.445. The quantitative estimate of drug-likeness (QED) is 0.296. The van der Waals surface area contributed by atoms with Crippen LogP contribution in [0.15, 0.2) is 88.8 Å². The molecule has 4 nitrogen and oxygen atoms in total. The largest absolute Gasteiger partial charge is 0.256 e. The topological polar surface area (TPSA) is 49.7 Å². The molecule has 0 spiro atoms. The van der Waals surface area contributed by atoms with Crippen LogP contribution in [0.4, 0.5) is 5.69 Å². The van der Waals surface area contributed by atoms with Crippen LogP contribution in [-0.2, 0) is 10.0 Å². The van der Waals surface area contributed by atoms with Crippen molar-refractivity contribution in [2.24, 2.45) is 4.99 Å². The molecule has 0 heterocycles. The Morgan fingerprint density at radius 2 is 1.33 bits per heavy atom. The van der Waals surface area contributed by atoms with Gasteiger partial charge in [0.05, 0.1) is 10.6 Å². The molecule has 0 N–H and O–H groups in total. The van der Waals surface area contributed by atoms with E-state index in [2.05, 4.69) is 35.3 Å². The minimum absolute atomic E-state index is 0.292. The van der Waals surface area contributed by atoms with Crippen LogP contribution in [0.2, 0.25) is 0 Å². The van der Waals surface area contributed by atoms with Crippen LogP contribution in [0, 0.1) is 0 Å². The van der Waals surface area contributed by atoms with Gasteiger partial charge in [-0.25, -0.2) is 8.42 Å². The third-order valence-electron chi connectivity index (χ3n) is 5.34. The lowest BCUT2D eigenvalue weighted by atomic mass is 9.97. The zero-order chi connectivity index (χ0) is 21.1. The summed E-state index contributed by atoms with van der Waals surface area (Å²) in [5, 5.41) is 4.61. The van der Waals surface area contributed by atoms with Crippen molar-refractivity contribution in [3.05, 3.63) is 84.4 Å². The van der Waals surface area contributed by atoms with Crippen LogP contribution < -0.4 is 0 Å². The zero-order valence-corrected chi connectivity index (χ0v) is 17.9. The van der Waals surface area contributed by atoms with Crippen LogP contribution in [0.25, 0.3) is 21.5 Å². The summed E-state index contributed by atoms with van der Waals surface area (Å²) in [6.45, 7) is 4.59. The van der Waals surface area contributed by atoms with Crippen molar-refractivity contribution in [2.75, 3.05) is 13.1 Å². The minimum Gasteiger partial charge on any atom is -0.256 e. The maximum absolute atomic E-state index is 12.7. The van der Waals surface area contributed by atoms with Crippen molar-refractivity contribution in [2.45, 2.75) is 18.7 Å². The van der Waals surface area contributed by atoms with Gasteiger partial charge < -0.3 is 0 Å². The number of sulfonamides is 1. The predicted molar refractivity (Wildman–Crippen MR) is 125 cm³/mol. The molecule has 0 radical (unpaired) electrons. The van der Waals surface area contributed by atoms with Gasteiger partial charge in [-0.3, -0.25) is 4.99 Å². The fraction of sp³-hybridized carbons (Fsp3) is 0.160. The highest BCUT2D eigenvalue weighted by Gasteiger charge is 2.21. The maximum atomic E-state index is 12.7. The van der Waals surface area contributed by atoms with Gasteiger partial charge in [0, 0.05) is 24.9 Å². The Bertz CT molecular complexity index is 1270. The van der Waals surface area contributed by atoms with Gasteiger partial charge in [0.2, 0.25) is 10.0 Å². The Morgan fingerprint density at radius 3 is 1.87 bits per heavy atom. The number of benzene rings is 4. The summed E-state index contributed by atoms with van der Waals surface area (Å²) in [7, 11) is -3.46. The first kappa shape index (κ1) is 20.3. The molecule has 0 fully saturated rings. The summed E-state index contributed by atoms with van der Waals surface area (Å²) in [6.07, 6.45) is 1.87. The number of aliphatic imine (C=N–C) groups is 1. The lowest BCUT2D eigenvalue weighted by Crippen LogP contribution is -2.30. The molecule has 30 heavy (non-hydrogen) atoms. The minimum atomic E-state index is -3.46. The molecule has 4 aromatic carbocycles. The van der Waals surface area contributed by atoms with Crippen LogP contribution >= 0.6 is 0 Å². The second kappa shape index (κ2) is 8.38. The van der Waals surface area contributed by atoms with Crippen LogP contribution in [-0.4, -0.2) is 32.0 Å². The molecule has 0 amide bonds. The van der Waals surface area contributed by atoms with Crippen molar-refractivity contribution in [3.63, 3.8) is 0 Å². The molecule has 152 valence electrons. The fourth-order valence-electron chi connectivity index (χ4n) is 3.74.